The average molecular weight is 344 g/mol. The number of carbonyl (C=O) groups is 1. The van der Waals surface area contributed by atoms with Gasteiger partial charge >= 0.3 is 6.18 Å². The van der Waals surface area contributed by atoms with E-state index in [-0.39, 0.29) is 12.3 Å². The summed E-state index contributed by atoms with van der Waals surface area (Å²) in [5.74, 6) is -0.133. The summed E-state index contributed by atoms with van der Waals surface area (Å²) in [5, 5.41) is 12.6. The van der Waals surface area contributed by atoms with Crippen LogP contribution in [0.2, 0.25) is 0 Å². The van der Waals surface area contributed by atoms with Gasteiger partial charge in [-0.1, -0.05) is 0 Å². The van der Waals surface area contributed by atoms with Crippen molar-refractivity contribution in [3.05, 3.63) is 57.4 Å². The minimum atomic E-state index is -4.71. The van der Waals surface area contributed by atoms with Gasteiger partial charge in [-0.2, -0.15) is 13.2 Å². The zero-order valence-electron chi connectivity index (χ0n) is 12.8. The molecule has 2 rings (SSSR count). The van der Waals surface area contributed by atoms with E-state index >= 15 is 0 Å². The second-order valence-electron chi connectivity index (χ2n) is 5.48. The predicted molar refractivity (Wildman–Crippen MR) is 77.4 cm³/mol. The molecule has 2 aromatic heterocycles. The van der Waals surface area contributed by atoms with Crippen LogP contribution >= 0.6 is 0 Å². The van der Waals surface area contributed by atoms with Crippen molar-refractivity contribution in [1.82, 2.24) is 10.3 Å². The van der Waals surface area contributed by atoms with Crippen molar-refractivity contribution in [3.8, 4) is 0 Å². The van der Waals surface area contributed by atoms with E-state index < -0.39 is 34.5 Å². The van der Waals surface area contributed by atoms with Crippen LogP contribution in [-0.2, 0) is 11.8 Å². The van der Waals surface area contributed by atoms with E-state index in [1.165, 1.54) is 13.0 Å². The molecular weight excluding hydrogens is 329 g/mol. The van der Waals surface area contributed by atoms with Crippen LogP contribution in [0, 0.1) is 6.92 Å². The molecule has 0 spiro atoms. The number of aliphatic hydroxyl groups is 1. The fraction of sp³-hybridized carbons (Fsp3) is 0.333. The summed E-state index contributed by atoms with van der Waals surface area (Å²) in [7, 11) is 0. The number of rotatable bonds is 4. The van der Waals surface area contributed by atoms with Crippen molar-refractivity contribution >= 4 is 5.91 Å². The first-order valence-electron chi connectivity index (χ1n) is 6.89. The highest BCUT2D eigenvalue weighted by atomic mass is 19.4. The van der Waals surface area contributed by atoms with Crippen molar-refractivity contribution in [2.45, 2.75) is 25.6 Å². The maximum Gasteiger partial charge on any atom is 0.431 e. The van der Waals surface area contributed by atoms with E-state index in [1.807, 2.05) is 0 Å². The van der Waals surface area contributed by atoms with Crippen LogP contribution in [-0.4, -0.2) is 22.5 Å². The molecule has 130 valence electrons. The third-order valence-corrected chi connectivity index (χ3v) is 3.32. The molecule has 0 saturated carbocycles. The van der Waals surface area contributed by atoms with Gasteiger partial charge in [-0.25, -0.2) is 0 Å². The van der Waals surface area contributed by atoms with Crippen LogP contribution in [0.1, 0.15) is 34.5 Å². The number of aryl methyl sites for hydroxylation is 1. The van der Waals surface area contributed by atoms with Gasteiger partial charge in [-0.15, -0.1) is 0 Å². The average Bonchev–Trinajstić information content (AvgIpc) is 2.91. The standard InChI is InChI=1S/C15H15F3N2O4/c1-8-3-6-11(24-8)14(2,23)7-19-12(21)9-4-5-10(15(16,17)18)20-13(9)22/h3-6,23H,7H2,1-2H3,(H,19,21)(H,20,22). The van der Waals surface area contributed by atoms with Gasteiger partial charge in [0.2, 0.25) is 0 Å². The number of halogens is 3. The maximum absolute atomic E-state index is 12.5. The normalized spacial score (nSPS) is 14.2. The van der Waals surface area contributed by atoms with Crippen LogP contribution in [0.4, 0.5) is 13.2 Å². The number of pyridine rings is 1. The molecular formula is C15H15F3N2O4. The number of aromatic nitrogens is 1. The number of aromatic amines is 1. The first kappa shape index (κ1) is 17.8. The second-order valence-corrected chi connectivity index (χ2v) is 5.48. The number of carbonyl (C=O) groups excluding carboxylic acids is 1. The molecule has 2 heterocycles. The van der Waals surface area contributed by atoms with Crippen LogP contribution in [0.3, 0.4) is 0 Å². The van der Waals surface area contributed by atoms with Gasteiger partial charge in [0.05, 0.1) is 6.54 Å². The van der Waals surface area contributed by atoms with Gasteiger partial charge in [-0.05, 0) is 38.1 Å². The Balaban J connectivity index is 2.12. The van der Waals surface area contributed by atoms with Crippen LogP contribution in [0.25, 0.3) is 0 Å². The quantitative estimate of drug-likeness (QED) is 0.790. The van der Waals surface area contributed by atoms with E-state index in [0.717, 1.165) is 6.07 Å². The van der Waals surface area contributed by atoms with Gasteiger partial charge < -0.3 is 19.8 Å². The summed E-state index contributed by atoms with van der Waals surface area (Å²) in [6.07, 6.45) is -4.71. The third-order valence-electron chi connectivity index (χ3n) is 3.32. The fourth-order valence-electron chi connectivity index (χ4n) is 1.98. The smallest absolute Gasteiger partial charge is 0.431 e. The number of alkyl halides is 3. The summed E-state index contributed by atoms with van der Waals surface area (Å²) in [5.41, 5.74) is -4.45. The predicted octanol–water partition coefficient (Wildman–Crippen LogP) is 1.93. The van der Waals surface area contributed by atoms with Crippen molar-refractivity contribution in [2.75, 3.05) is 6.54 Å². The van der Waals surface area contributed by atoms with E-state index in [0.29, 0.717) is 11.8 Å². The first-order valence-corrected chi connectivity index (χ1v) is 6.89. The van der Waals surface area contributed by atoms with E-state index in [2.05, 4.69) is 5.32 Å². The molecule has 9 heteroatoms. The Labute approximate surface area is 134 Å². The highest BCUT2D eigenvalue weighted by Crippen LogP contribution is 2.26. The van der Waals surface area contributed by atoms with Gasteiger partial charge in [0.15, 0.2) is 0 Å². The van der Waals surface area contributed by atoms with Crippen LogP contribution in [0.15, 0.2) is 33.5 Å². The molecule has 1 amide bonds. The Kier molecular flexibility index (Phi) is 4.57. The van der Waals surface area contributed by atoms with Gasteiger partial charge in [0, 0.05) is 0 Å². The lowest BCUT2D eigenvalue weighted by atomic mass is 10.0. The summed E-state index contributed by atoms with van der Waals surface area (Å²) in [6, 6.07) is 4.55. The zero-order valence-corrected chi connectivity index (χ0v) is 12.8. The topological polar surface area (TPSA) is 95.3 Å². The molecule has 0 fully saturated rings. The summed E-state index contributed by atoms with van der Waals surface area (Å²) in [4.78, 5) is 25.2. The van der Waals surface area contributed by atoms with E-state index in [1.54, 1.807) is 18.0 Å². The molecule has 0 saturated heterocycles. The van der Waals surface area contributed by atoms with E-state index in [4.69, 9.17) is 4.42 Å². The summed E-state index contributed by atoms with van der Waals surface area (Å²) < 4.78 is 42.7. The number of amides is 1. The Hall–Kier alpha value is -2.55. The lowest BCUT2D eigenvalue weighted by Crippen LogP contribution is -2.40. The summed E-state index contributed by atoms with van der Waals surface area (Å²) in [6.45, 7) is 2.78. The lowest BCUT2D eigenvalue weighted by Gasteiger charge is -2.21. The first-order chi connectivity index (χ1) is 11.0. The minimum Gasteiger partial charge on any atom is -0.463 e. The summed E-state index contributed by atoms with van der Waals surface area (Å²) >= 11 is 0. The minimum absolute atomic E-state index is 0.210. The highest BCUT2D eigenvalue weighted by molar-refractivity contribution is 5.93. The number of hydrogen-bond donors (Lipinski definition) is 3. The Bertz CT molecular complexity index is 806. The Morgan fingerprint density at radius 2 is 1.96 bits per heavy atom. The molecule has 0 bridgehead atoms. The largest absolute Gasteiger partial charge is 0.463 e. The third kappa shape index (κ3) is 3.85. The lowest BCUT2D eigenvalue weighted by molar-refractivity contribution is -0.141. The van der Waals surface area contributed by atoms with Crippen molar-refractivity contribution < 1.29 is 27.5 Å². The highest BCUT2D eigenvalue weighted by Gasteiger charge is 2.32. The number of nitrogens with one attached hydrogen (secondary N) is 2. The Morgan fingerprint density at radius 1 is 1.29 bits per heavy atom. The van der Waals surface area contributed by atoms with Crippen molar-refractivity contribution in [2.24, 2.45) is 0 Å². The van der Waals surface area contributed by atoms with Crippen LogP contribution in [0.5, 0.6) is 0 Å². The number of furan rings is 1. The molecule has 1 atom stereocenters. The molecule has 2 aromatic rings. The molecule has 0 aliphatic rings. The van der Waals surface area contributed by atoms with Gasteiger partial charge in [0.1, 0.15) is 28.4 Å². The molecule has 24 heavy (non-hydrogen) atoms. The maximum atomic E-state index is 12.5. The second kappa shape index (κ2) is 6.16. The van der Waals surface area contributed by atoms with Gasteiger partial charge in [-0.3, -0.25) is 9.59 Å². The molecule has 0 aliphatic carbocycles. The molecule has 0 radical (unpaired) electrons. The number of hydrogen-bond acceptors (Lipinski definition) is 4. The molecule has 1 unspecified atom stereocenters. The zero-order chi connectivity index (χ0) is 18.1. The fourth-order valence-corrected chi connectivity index (χ4v) is 1.98. The van der Waals surface area contributed by atoms with Crippen LogP contribution < -0.4 is 10.9 Å². The molecule has 3 N–H and O–H groups in total. The molecule has 6 nitrogen and oxygen atoms in total. The molecule has 0 aliphatic heterocycles. The Morgan fingerprint density at radius 3 is 2.46 bits per heavy atom. The van der Waals surface area contributed by atoms with Crippen molar-refractivity contribution in [3.63, 3.8) is 0 Å². The molecule has 0 aromatic carbocycles. The van der Waals surface area contributed by atoms with E-state index in [9.17, 15) is 27.9 Å². The van der Waals surface area contributed by atoms with Crippen molar-refractivity contribution in [1.29, 1.82) is 0 Å². The van der Waals surface area contributed by atoms with Gasteiger partial charge in [0.25, 0.3) is 11.5 Å². The monoisotopic (exact) mass is 344 g/mol. The number of H-pyrrole nitrogens is 1. The SMILES string of the molecule is Cc1ccc(C(C)(O)CNC(=O)c2ccc(C(F)(F)F)[nH]c2=O)o1.